The van der Waals surface area contributed by atoms with Crippen LogP contribution in [-0.4, -0.2) is 15.9 Å². The van der Waals surface area contributed by atoms with Gasteiger partial charge >= 0.3 is 0 Å². The van der Waals surface area contributed by atoms with Crippen LogP contribution in [0.4, 0.5) is 5.82 Å². The zero-order valence-corrected chi connectivity index (χ0v) is 12.2. The second kappa shape index (κ2) is 4.89. The van der Waals surface area contributed by atoms with Crippen molar-refractivity contribution in [3.63, 3.8) is 0 Å². The van der Waals surface area contributed by atoms with Gasteiger partial charge in [0.2, 0.25) is 5.91 Å². The van der Waals surface area contributed by atoms with Crippen molar-refractivity contribution in [3.8, 4) is 0 Å². The fourth-order valence-electron chi connectivity index (χ4n) is 2.08. The number of aryl methyl sites for hydroxylation is 1. The molecule has 19 heavy (non-hydrogen) atoms. The molecule has 2 aromatic heterocycles. The lowest BCUT2D eigenvalue weighted by atomic mass is 10.1. The van der Waals surface area contributed by atoms with Gasteiger partial charge < -0.3 is 5.32 Å². The molecule has 0 aromatic carbocycles. The number of carbonyl (C=O) groups excluding carboxylic acids is 1. The van der Waals surface area contributed by atoms with Crippen molar-refractivity contribution >= 4 is 38.4 Å². The molecule has 1 aliphatic rings. The Morgan fingerprint density at radius 2 is 2.16 bits per heavy atom. The van der Waals surface area contributed by atoms with E-state index in [9.17, 15) is 4.79 Å². The van der Waals surface area contributed by atoms with Gasteiger partial charge in [0.15, 0.2) is 0 Å². The summed E-state index contributed by atoms with van der Waals surface area (Å²) in [6.45, 7) is 2.07. The van der Waals surface area contributed by atoms with Crippen molar-refractivity contribution in [2.24, 2.45) is 5.92 Å². The molecule has 4 nitrogen and oxygen atoms in total. The van der Waals surface area contributed by atoms with Crippen LogP contribution in [0.25, 0.3) is 10.8 Å². The Balaban J connectivity index is 1.99. The molecule has 1 N–H and O–H groups in total. The van der Waals surface area contributed by atoms with Gasteiger partial charge in [-0.3, -0.25) is 9.78 Å². The highest BCUT2D eigenvalue weighted by molar-refractivity contribution is 9.10. The standard InChI is InChI=1S/C14H14BrN3O/c1-2-12-10-6-17-13(18-14(19)8-3-4-8)5-9(10)11(15)7-16-12/h5-8H,2-4H2,1H3,(H,17,18,19). The summed E-state index contributed by atoms with van der Waals surface area (Å²) in [5.74, 6) is 0.871. The summed E-state index contributed by atoms with van der Waals surface area (Å²) in [6, 6.07) is 1.90. The Kier molecular flexibility index (Phi) is 3.22. The summed E-state index contributed by atoms with van der Waals surface area (Å²) in [5.41, 5.74) is 1.02. The van der Waals surface area contributed by atoms with Crippen LogP contribution in [0.1, 0.15) is 25.5 Å². The maximum Gasteiger partial charge on any atom is 0.228 e. The molecule has 0 unspecified atom stereocenters. The summed E-state index contributed by atoms with van der Waals surface area (Å²) in [4.78, 5) is 20.4. The molecule has 0 saturated heterocycles. The van der Waals surface area contributed by atoms with E-state index in [0.717, 1.165) is 40.2 Å². The third-order valence-corrected chi connectivity index (χ3v) is 3.97. The SMILES string of the molecule is CCc1ncc(Br)c2cc(NC(=O)C3CC3)ncc12. The number of hydrogen-bond donors (Lipinski definition) is 1. The minimum Gasteiger partial charge on any atom is -0.310 e. The van der Waals surface area contributed by atoms with Gasteiger partial charge in [0.25, 0.3) is 0 Å². The maximum atomic E-state index is 11.7. The van der Waals surface area contributed by atoms with E-state index in [2.05, 4.69) is 38.1 Å². The zero-order valence-electron chi connectivity index (χ0n) is 10.6. The first-order chi connectivity index (χ1) is 9.19. The molecule has 1 aliphatic carbocycles. The Morgan fingerprint density at radius 1 is 1.37 bits per heavy atom. The second-order valence-corrected chi connectivity index (χ2v) is 5.64. The molecule has 0 radical (unpaired) electrons. The van der Waals surface area contributed by atoms with Crippen LogP contribution >= 0.6 is 15.9 Å². The van der Waals surface area contributed by atoms with Crippen LogP contribution in [0.15, 0.2) is 22.9 Å². The molecule has 1 saturated carbocycles. The summed E-state index contributed by atoms with van der Waals surface area (Å²) in [6.07, 6.45) is 6.43. The second-order valence-electron chi connectivity index (χ2n) is 4.79. The van der Waals surface area contributed by atoms with Gasteiger partial charge in [-0.1, -0.05) is 6.92 Å². The number of nitrogens with zero attached hydrogens (tertiary/aromatic N) is 2. The number of pyridine rings is 2. The molecule has 1 amide bonds. The molecule has 5 heteroatoms. The van der Waals surface area contributed by atoms with E-state index in [1.165, 1.54) is 0 Å². The van der Waals surface area contributed by atoms with Crippen LogP contribution in [0.5, 0.6) is 0 Å². The third kappa shape index (κ3) is 2.47. The third-order valence-electron chi connectivity index (χ3n) is 3.34. The van der Waals surface area contributed by atoms with Crippen molar-refractivity contribution < 1.29 is 4.79 Å². The Hall–Kier alpha value is -1.49. The van der Waals surface area contributed by atoms with Gasteiger partial charge in [0.1, 0.15) is 5.82 Å². The first kappa shape index (κ1) is 12.5. The lowest BCUT2D eigenvalue weighted by Gasteiger charge is -2.08. The molecule has 0 atom stereocenters. The molecule has 0 aliphatic heterocycles. The number of nitrogens with one attached hydrogen (secondary N) is 1. The number of hydrogen-bond acceptors (Lipinski definition) is 3. The number of aromatic nitrogens is 2. The lowest BCUT2D eigenvalue weighted by molar-refractivity contribution is -0.117. The van der Waals surface area contributed by atoms with E-state index >= 15 is 0 Å². The zero-order chi connectivity index (χ0) is 13.4. The van der Waals surface area contributed by atoms with E-state index < -0.39 is 0 Å². The van der Waals surface area contributed by atoms with E-state index in [4.69, 9.17) is 0 Å². The van der Waals surface area contributed by atoms with Gasteiger partial charge in [-0.25, -0.2) is 4.98 Å². The van der Waals surface area contributed by atoms with Crippen LogP contribution in [-0.2, 0) is 11.2 Å². The Bertz CT molecular complexity index is 652. The van der Waals surface area contributed by atoms with Crippen LogP contribution in [0.2, 0.25) is 0 Å². The average Bonchev–Trinajstić information content (AvgIpc) is 3.24. The highest BCUT2D eigenvalue weighted by Gasteiger charge is 2.29. The fourth-order valence-corrected chi connectivity index (χ4v) is 2.51. The average molecular weight is 320 g/mol. The summed E-state index contributed by atoms with van der Waals surface area (Å²) in [5, 5.41) is 4.93. The van der Waals surface area contributed by atoms with Crippen molar-refractivity contribution in [3.05, 3.63) is 28.6 Å². The molecule has 2 aromatic rings. The fraction of sp³-hybridized carbons (Fsp3) is 0.357. The molecule has 0 spiro atoms. The van der Waals surface area contributed by atoms with Crippen LogP contribution in [0.3, 0.4) is 0 Å². The van der Waals surface area contributed by atoms with Crippen LogP contribution in [0, 0.1) is 5.92 Å². The predicted molar refractivity (Wildman–Crippen MR) is 78.0 cm³/mol. The van der Waals surface area contributed by atoms with Gasteiger partial charge in [-0.05, 0) is 41.3 Å². The van der Waals surface area contributed by atoms with E-state index in [1.54, 1.807) is 12.4 Å². The monoisotopic (exact) mass is 319 g/mol. The maximum absolute atomic E-state index is 11.7. The molecular weight excluding hydrogens is 306 g/mol. The highest BCUT2D eigenvalue weighted by Crippen LogP contribution is 2.31. The molecule has 1 fully saturated rings. The number of carbonyl (C=O) groups is 1. The van der Waals surface area contributed by atoms with Crippen molar-refractivity contribution in [2.45, 2.75) is 26.2 Å². The first-order valence-corrected chi connectivity index (χ1v) is 7.22. The van der Waals surface area contributed by atoms with Gasteiger partial charge in [-0.2, -0.15) is 0 Å². The van der Waals surface area contributed by atoms with Crippen molar-refractivity contribution in [2.75, 3.05) is 5.32 Å². The van der Waals surface area contributed by atoms with Gasteiger partial charge in [-0.15, -0.1) is 0 Å². The lowest BCUT2D eigenvalue weighted by Crippen LogP contribution is -2.14. The summed E-state index contributed by atoms with van der Waals surface area (Å²) >= 11 is 3.50. The number of rotatable bonds is 3. The molecule has 0 bridgehead atoms. The number of halogens is 1. The highest BCUT2D eigenvalue weighted by atomic mass is 79.9. The summed E-state index contributed by atoms with van der Waals surface area (Å²) in [7, 11) is 0. The smallest absolute Gasteiger partial charge is 0.228 e. The molecule has 3 rings (SSSR count). The Labute approximate surface area is 119 Å². The number of anilines is 1. The van der Waals surface area contributed by atoms with E-state index in [-0.39, 0.29) is 11.8 Å². The first-order valence-electron chi connectivity index (χ1n) is 6.43. The molecule has 98 valence electrons. The summed E-state index contributed by atoms with van der Waals surface area (Å²) < 4.78 is 0.920. The number of fused-ring (bicyclic) bond motifs is 1. The molecule has 2 heterocycles. The molecular formula is C14H14BrN3O. The minimum atomic E-state index is 0.0766. The largest absolute Gasteiger partial charge is 0.310 e. The van der Waals surface area contributed by atoms with E-state index in [1.807, 2.05) is 6.07 Å². The normalized spacial score (nSPS) is 14.6. The quantitative estimate of drug-likeness (QED) is 0.944. The van der Waals surface area contributed by atoms with Gasteiger partial charge in [0.05, 0.1) is 0 Å². The number of amides is 1. The van der Waals surface area contributed by atoms with Gasteiger partial charge in [0, 0.05) is 39.3 Å². The predicted octanol–water partition coefficient (Wildman–Crippen LogP) is 3.30. The van der Waals surface area contributed by atoms with Crippen molar-refractivity contribution in [1.29, 1.82) is 0 Å². The van der Waals surface area contributed by atoms with E-state index in [0.29, 0.717) is 5.82 Å². The van der Waals surface area contributed by atoms with Crippen LogP contribution < -0.4 is 5.32 Å². The topological polar surface area (TPSA) is 54.9 Å². The Morgan fingerprint density at radius 3 is 2.84 bits per heavy atom. The van der Waals surface area contributed by atoms with Crippen molar-refractivity contribution in [1.82, 2.24) is 9.97 Å². The minimum absolute atomic E-state index is 0.0766.